The van der Waals surface area contributed by atoms with Crippen molar-refractivity contribution < 1.29 is 24.0 Å². The summed E-state index contributed by atoms with van der Waals surface area (Å²) in [4.78, 5) is 43.6. The minimum absolute atomic E-state index is 0.00658. The number of thiazole rings is 1. The number of carbonyl (C=O) groups excluding carboxylic acids is 2. The van der Waals surface area contributed by atoms with Crippen molar-refractivity contribution in [3.05, 3.63) is 56.4 Å². The van der Waals surface area contributed by atoms with E-state index in [9.17, 15) is 19.7 Å². The molecular formula is C23H22N4O6S. The third-order valence-corrected chi connectivity index (χ3v) is 6.21. The minimum Gasteiger partial charge on any atom is -0.496 e. The molecule has 1 aliphatic heterocycles. The Bertz CT molecular complexity index is 1300. The first-order valence-electron chi connectivity index (χ1n) is 10.4. The van der Waals surface area contributed by atoms with Crippen LogP contribution in [0.2, 0.25) is 0 Å². The van der Waals surface area contributed by atoms with Crippen molar-refractivity contribution in [1.29, 1.82) is 0 Å². The average Bonchev–Trinajstić information content (AvgIpc) is 3.14. The van der Waals surface area contributed by atoms with Crippen LogP contribution in [0.15, 0.2) is 36.4 Å². The van der Waals surface area contributed by atoms with Gasteiger partial charge in [-0.25, -0.2) is 4.98 Å². The molecule has 0 radical (unpaired) electrons. The highest BCUT2D eigenvalue weighted by atomic mass is 32.1. The molecule has 1 N–H and O–H groups in total. The van der Waals surface area contributed by atoms with E-state index in [2.05, 4.69) is 10.3 Å². The topological polar surface area (TPSA) is 124 Å². The first kappa shape index (κ1) is 23.2. The Morgan fingerprint density at radius 2 is 2.06 bits per heavy atom. The van der Waals surface area contributed by atoms with Crippen LogP contribution in [0.25, 0.3) is 11.3 Å². The Morgan fingerprint density at radius 1 is 1.29 bits per heavy atom. The van der Waals surface area contributed by atoms with E-state index in [0.717, 1.165) is 21.1 Å². The molecule has 0 aliphatic carbocycles. The van der Waals surface area contributed by atoms with E-state index in [-0.39, 0.29) is 23.7 Å². The number of nitrogens with zero attached hydrogens (tertiary/aromatic N) is 3. The molecule has 176 valence electrons. The van der Waals surface area contributed by atoms with Crippen LogP contribution in [0.5, 0.6) is 11.5 Å². The first-order chi connectivity index (χ1) is 16.2. The van der Waals surface area contributed by atoms with Gasteiger partial charge in [-0.3, -0.25) is 24.6 Å². The van der Waals surface area contributed by atoms with Gasteiger partial charge in [-0.05, 0) is 51.1 Å². The van der Waals surface area contributed by atoms with Crippen molar-refractivity contribution in [2.75, 3.05) is 23.9 Å². The molecule has 4 rings (SSSR count). The minimum atomic E-state index is -0.787. The summed E-state index contributed by atoms with van der Waals surface area (Å²) in [7, 11) is 1.39. The lowest BCUT2D eigenvalue weighted by molar-refractivity contribution is -0.384. The zero-order chi connectivity index (χ0) is 24.6. The van der Waals surface area contributed by atoms with Crippen LogP contribution in [-0.2, 0) is 9.59 Å². The lowest BCUT2D eigenvalue weighted by Crippen LogP contribution is -2.47. The lowest BCUT2D eigenvalue weighted by Gasteiger charge is -2.32. The number of fused-ring (bicyclic) bond motifs is 1. The molecule has 2 heterocycles. The summed E-state index contributed by atoms with van der Waals surface area (Å²) in [6, 6.07) is 9.49. The van der Waals surface area contributed by atoms with Gasteiger partial charge in [0, 0.05) is 10.4 Å². The number of nitrogens with one attached hydrogen (secondary N) is 1. The van der Waals surface area contributed by atoms with Crippen molar-refractivity contribution in [3.8, 4) is 22.8 Å². The quantitative estimate of drug-likeness (QED) is 0.414. The number of benzene rings is 2. The maximum absolute atomic E-state index is 12.9. The Hall–Kier alpha value is -3.99. The molecule has 10 nitrogen and oxygen atoms in total. The number of hydrogen-bond acceptors (Lipinski definition) is 8. The summed E-state index contributed by atoms with van der Waals surface area (Å²) in [6.07, 6.45) is -0.787. The summed E-state index contributed by atoms with van der Waals surface area (Å²) in [5.41, 5.74) is 1.72. The third-order valence-electron chi connectivity index (χ3n) is 5.32. The molecule has 3 aromatic rings. The number of anilines is 2. The highest BCUT2D eigenvalue weighted by molar-refractivity contribution is 7.11. The number of nitro groups is 1. The van der Waals surface area contributed by atoms with Gasteiger partial charge in [0.15, 0.2) is 6.10 Å². The molecule has 0 bridgehead atoms. The van der Waals surface area contributed by atoms with Crippen LogP contribution < -0.4 is 19.7 Å². The molecule has 1 aliphatic rings. The molecule has 0 fully saturated rings. The largest absolute Gasteiger partial charge is 0.496 e. The maximum atomic E-state index is 12.9. The van der Waals surface area contributed by atoms with Crippen molar-refractivity contribution in [2.45, 2.75) is 26.9 Å². The van der Waals surface area contributed by atoms with E-state index < -0.39 is 22.8 Å². The molecule has 2 aromatic carbocycles. The van der Waals surface area contributed by atoms with Gasteiger partial charge in [0.2, 0.25) is 5.91 Å². The van der Waals surface area contributed by atoms with Crippen molar-refractivity contribution >= 4 is 40.2 Å². The fourth-order valence-corrected chi connectivity index (χ4v) is 4.58. The SMILES string of the molecule is COc1ccc(NC(=O)CN2C(=O)C(C)Oc3ccc(-c4nc(C)sc4C)cc32)c([N+](=O)[O-])c1. The number of ether oxygens (including phenoxy) is 2. The van der Waals surface area contributed by atoms with Crippen LogP contribution in [0.1, 0.15) is 16.8 Å². The maximum Gasteiger partial charge on any atom is 0.296 e. The van der Waals surface area contributed by atoms with E-state index in [1.165, 1.54) is 30.2 Å². The summed E-state index contributed by atoms with van der Waals surface area (Å²) >= 11 is 1.57. The molecule has 0 spiro atoms. The fourth-order valence-electron chi connectivity index (χ4n) is 3.74. The predicted molar refractivity (Wildman–Crippen MR) is 128 cm³/mol. The van der Waals surface area contributed by atoms with Gasteiger partial charge in [-0.1, -0.05) is 0 Å². The molecule has 1 unspecified atom stereocenters. The molecule has 11 heteroatoms. The van der Waals surface area contributed by atoms with E-state index in [1.807, 2.05) is 19.9 Å². The van der Waals surface area contributed by atoms with E-state index >= 15 is 0 Å². The van der Waals surface area contributed by atoms with Crippen LogP contribution in [0, 0.1) is 24.0 Å². The summed E-state index contributed by atoms with van der Waals surface area (Å²) in [5, 5.41) is 14.9. The summed E-state index contributed by atoms with van der Waals surface area (Å²) in [5.74, 6) is -0.234. The fraction of sp³-hybridized carbons (Fsp3) is 0.261. The van der Waals surface area contributed by atoms with Crippen LogP contribution >= 0.6 is 11.3 Å². The Labute approximate surface area is 199 Å². The van der Waals surface area contributed by atoms with Gasteiger partial charge in [0.1, 0.15) is 23.7 Å². The highest BCUT2D eigenvalue weighted by Crippen LogP contribution is 2.39. The van der Waals surface area contributed by atoms with E-state index in [0.29, 0.717) is 11.4 Å². The number of aromatic nitrogens is 1. The standard InChI is InChI=1S/C23H22N4O6S/c1-12-23(29)26(11-21(28)25-17-7-6-16(32-4)10-18(17)27(30)31)19-9-15(5-8-20(19)33-12)22-13(2)34-14(3)24-22/h5-10,12H,11H2,1-4H3,(H,25,28). The zero-order valence-corrected chi connectivity index (χ0v) is 19.8. The monoisotopic (exact) mass is 482 g/mol. The number of rotatable bonds is 6. The Morgan fingerprint density at radius 3 is 2.71 bits per heavy atom. The van der Waals surface area contributed by atoms with Gasteiger partial charge >= 0.3 is 0 Å². The molecule has 2 amide bonds. The van der Waals surface area contributed by atoms with Crippen LogP contribution in [-0.4, -0.2) is 41.5 Å². The number of hydrogen-bond donors (Lipinski definition) is 1. The normalized spacial score (nSPS) is 14.9. The molecule has 0 saturated carbocycles. The predicted octanol–water partition coefficient (Wildman–Crippen LogP) is 4.10. The lowest BCUT2D eigenvalue weighted by atomic mass is 10.1. The molecule has 1 aromatic heterocycles. The van der Waals surface area contributed by atoms with Gasteiger partial charge in [-0.2, -0.15) is 0 Å². The number of methoxy groups -OCH3 is 1. The molecule has 1 atom stereocenters. The van der Waals surface area contributed by atoms with Crippen molar-refractivity contribution in [2.24, 2.45) is 0 Å². The Balaban J connectivity index is 1.64. The van der Waals surface area contributed by atoms with Crippen LogP contribution in [0.4, 0.5) is 17.1 Å². The van der Waals surface area contributed by atoms with Crippen molar-refractivity contribution in [3.63, 3.8) is 0 Å². The van der Waals surface area contributed by atoms with Gasteiger partial charge in [-0.15, -0.1) is 11.3 Å². The molecule has 0 saturated heterocycles. The second-order valence-electron chi connectivity index (χ2n) is 7.69. The van der Waals surface area contributed by atoms with Gasteiger partial charge < -0.3 is 14.8 Å². The number of aryl methyl sites for hydroxylation is 2. The van der Waals surface area contributed by atoms with Crippen LogP contribution in [0.3, 0.4) is 0 Å². The average molecular weight is 483 g/mol. The van der Waals surface area contributed by atoms with Gasteiger partial charge in [0.25, 0.3) is 11.6 Å². The smallest absolute Gasteiger partial charge is 0.296 e. The third kappa shape index (κ3) is 4.42. The van der Waals surface area contributed by atoms with Gasteiger partial charge in [0.05, 0.1) is 34.5 Å². The summed E-state index contributed by atoms with van der Waals surface area (Å²) < 4.78 is 10.8. The first-order valence-corrected chi connectivity index (χ1v) is 11.2. The molecule has 34 heavy (non-hydrogen) atoms. The van der Waals surface area contributed by atoms with E-state index in [4.69, 9.17) is 9.47 Å². The second-order valence-corrected chi connectivity index (χ2v) is 9.10. The Kier molecular flexibility index (Phi) is 6.20. The number of nitro benzene ring substituents is 1. The second kappa shape index (κ2) is 9.10. The highest BCUT2D eigenvalue weighted by Gasteiger charge is 2.33. The zero-order valence-electron chi connectivity index (χ0n) is 18.9. The molecular weight excluding hydrogens is 460 g/mol. The number of amides is 2. The van der Waals surface area contributed by atoms with E-state index in [1.54, 1.807) is 30.4 Å². The van der Waals surface area contributed by atoms with Crippen molar-refractivity contribution in [1.82, 2.24) is 4.98 Å². The summed E-state index contributed by atoms with van der Waals surface area (Å²) in [6.45, 7) is 5.15. The number of carbonyl (C=O) groups is 2.